The summed E-state index contributed by atoms with van der Waals surface area (Å²) in [5.74, 6) is -19.5. The van der Waals surface area contributed by atoms with Gasteiger partial charge in [0.05, 0.1) is 13.0 Å². The molecule has 0 unspecified atom stereocenters. The first-order valence-corrected chi connectivity index (χ1v) is 8.88. The van der Waals surface area contributed by atoms with Crippen molar-refractivity contribution in [1.29, 1.82) is 0 Å². The molecule has 0 radical (unpaired) electrons. The molecule has 0 aliphatic carbocycles. The smallest absolute Gasteiger partial charge is 0.460 e. The first kappa shape index (κ1) is 22.5. The van der Waals surface area contributed by atoms with Crippen molar-refractivity contribution < 1.29 is 44.3 Å². The van der Waals surface area contributed by atoms with Gasteiger partial charge in [0.2, 0.25) is 5.88 Å². The van der Waals surface area contributed by atoms with Crippen LogP contribution in [0.4, 0.5) is 39.5 Å². The van der Waals surface area contributed by atoms with E-state index in [1.54, 1.807) is 6.20 Å². The molecule has 1 fully saturated rings. The van der Waals surface area contributed by atoms with Crippen molar-refractivity contribution in [3.05, 3.63) is 24.3 Å². The van der Waals surface area contributed by atoms with Crippen molar-refractivity contribution >= 4 is 5.57 Å². The monoisotopic (exact) mass is 449 g/mol. The lowest BCUT2D eigenvalue weighted by Gasteiger charge is -2.39. The number of nitrogens with zero attached hydrogens (tertiary/aromatic N) is 3. The molecule has 4 rings (SSSR count). The molecular formula is C17H16F9N3O. The van der Waals surface area contributed by atoms with Gasteiger partial charge in [0, 0.05) is 37.3 Å². The van der Waals surface area contributed by atoms with Crippen molar-refractivity contribution in [3.8, 4) is 5.88 Å². The van der Waals surface area contributed by atoms with E-state index in [-0.39, 0.29) is 17.5 Å². The maximum Gasteiger partial charge on any atom is 0.460 e. The summed E-state index contributed by atoms with van der Waals surface area (Å²) in [4.78, 5) is 9.87. The number of rotatable bonds is 7. The molecule has 0 N–H and O–H groups in total. The molecule has 3 aliphatic heterocycles. The second-order valence-corrected chi connectivity index (χ2v) is 7.05. The van der Waals surface area contributed by atoms with Gasteiger partial charge >= 0.3 is 23.9 Å². The molecule has 0 atom stereocenters. The number of hydrogen-bond donors (Lipinski definition) is 0. The highest BCUT2D eigenvalue weighted by Crippen LogP contribution is 2.54. The lowest BCUT2D eigenvalue weighted by atomic mass is 9.84. The number of aromatic nitrogens is 2. The molecule has 4 heterocycles. The average molecular weight is 449 g/mol. The van der Waals surface area contributed by atoms with Crippen LogP contribution in [0.2, 0.25) is 0 Å². The largest absolute Gasteiger partial charge is 0.476 e. The number of halogens is 9. The predicted molar refractivity (Wildman–Crippen MR) is 85.3 cm³/mol. The first-order chi connectivity index (χ1) is 13.8. The highest BCUT2D eigenvalue weighted by atomic mass is 19.4. The molecule has 0 aromatic carbocycles. The van der Waals surface area contributed by atoms with Gasteiger partial charge < -0.3 is 9.64 Å². The molecular weight excluding hydrogens is 433 g/mol. The van der Waals surface area contributed by atoms with E-state index in [0.717, 1.165) is 32.1 Å². The zero-order valence-electron chi connectivity index (χ0n) is 15.2. The minimum Gasteiger partial charge on any atom is -0.476 e. The van der Waals surface area contributed by atoms with Crippen LogP contribution in [0, 0.1) is 5.92 Å². The highest BCUT2D eigenvalue weighted by Gasteiger charge is 2.81. The van der Waals surface area contributed by atoms with Gasteiger partial charge in [-0.25, -0.2) is 9.97 Å². The molecule has 0 spiro atoms. The Bertz CT molecular complexity index is 802. The number of piperidine rings is 1. The van der Waals surface area contributed by atoms with Gasteiger partial charge in [0.1, 0.15) is 5.69 Å². The fourth-order valence-corrected chi connectivity index (χ4v) is 3.37. The lowest BCUT2D eigenvalue weighted by Crippen LogP contribution is -2.61. The molecule has 13 heteroatoms. The number of fused-ring (bicyclic) bond motifs is 2. The van der Waals surface area contributed by atoms with E-state index >= 15 is 0 Å². The molecule has 0 amide bonds. The van der Waals surface area contributed by atoms with E-state index in [2.05, 4.69) is 9.97 Å². The normalized spacial score (nSPS) is 18.6. The lowest BCUT2D eigenvalue weighted by molar-refractivity contribution is -0.397. The van der Waals surface area contributed by atoms with E-state index in [9.17, 15) is 39.5 Å². The third-order valence-electron chi connectivity index (χ3n) is 5.09. The minimum absolute atomic E-state index is 0.102. The van der Waals surface area contributed by atoms with Gasteiger partial charge in [0.15, 0.2) is 0 Å². The Morgan fingerprint density at radius 2 is 1.50 bits per heavy atom. The van der Waals surface area contributed by atoms with Crippen LogP contribution in [-0.2, 0) is 0 Å². The summed E-state index contributed by atoms with van der Waals surface area (Å²) in [5.41, 5.74) is 0.888. The van der Waals surface area contributed by atoms with Crippen LogP contribution >= 0.6 is 0 Å². The molecule has 2 bridgehead atoms. The number of allylic oxidation sites excluding steroid dienone is 1. The quantitative estimate of drug-likeness (QED) is 0.562. The van der Waals surface area contributed by atoms with E-state index in [1.807, 2.05) is 4.90 Å². The predicted octanol–water partition coefficient (Wildman–Crippen LogP) is 4.78. The van der Waals surface area contributed by atoms with Crippen LogP contribution in [-0.4, -0.2) is 58.5 Å². The topological polar surface area (TPSA) is 38.3 Å². The fourth-order valence-electron chi connectivity index (χ4n) is 3.37. The van der Waals surface area contributed by atoms with Crippen molar-refractivity contribution in [1.82, 2.24) is 14.9 Å². The number of alkyl halides is 9. The SMILES string of the molecule is FC(F)(F)C(F)(F)C(F)(F)C(F)(F)CCOc1nccnc1C1=CN2CCC1CC2. The van der Waals surface area contributed by atoms with Gasteiger partial charge in [-0.05, 0) is 18.8 Å². The van der Waals surface area contributed by atoms with Crippen molar-refractivity contribution in [2.24, 2.45) is 5.92 Å². The molecule has 1 saturated heterocycles. The number of hydrogen-bond acceptors (Lipinski definition) is 4. The summed E-state index contributed by atoms with van der Waals surface area (Å²) in [5, 5.41) is 0. The van der Waals surface area contributed by atoms with Crippen LogP contribution in [0.5, 0.6) is 5.88 Å². The zero-order valence-corrected chi connectivity index (χ0v) is 15.2. The highest BCUT2D eigenvalue weighted by molar-refractivity contribution is 5.69. The van der Waals surface area contributed by atoms with Crippen LogP contribution in [0.25, 0.3) is 5.57 Å². The van der Waals surface area contributed by atoms with Crippen molar-refractivity contribution in [2.45, 2.75) is 43.2 Å². The standard InChI is InChI=1S/C17H16F9N3O/c18-14(19,15(20,21)16(22,23)17(24,25)26)3-8-30-13-12(27-4-5-28-13)11-9-29-6-1-10(11)2-7-29/h4-5,9-10H,1-3,6-8H2. The molecule has 30 heavy (non-hydrogen) atoms. The third-order valence-corrected chi connectivity index (χ3v) is 5.09. The summed E-state index contributed by atoms with van der Waals surface area (Å²) in [6, 6.07) is 0. The summed E-state index contributed by atoms with van der Waals surface area (Å²) < 4.78 is 121. The Kier molecular flexibility index (Phi) is 5.61. The van der Waals surface area contributed by atoms with E-state index < -0.39 is 37.0 Å². The minimum atomic E-state index is -6.91. The molecule has 0 saturated carbocycles. The van der Waals surface area contributed by atoms with E-state index in [0.29, 0.717) is 5.57 Å². The summed E-state index contributed by atoms with van der Waals surface area (Å²) in [6.45, 7) is 0.364. The molecule has 168 valence electrons. The Morgan fingerprint density at radius 1 is 0.900 bits per heavy atom. The Morgan fingerprint density at radius 3 is 2.03 bits per heavy atom. The second-order valence-electron chi connectivity index (χ2n) is 7.05. The van der Waals surface area contributed by atoms with Gasteiger partial charge in [-0.3, -0.25) is 0 Å². The van der Waals surface area contributed by atoms with Crippen molar-refractivity contribution in [3.63, 3.8) is 0 Å². The van der Waals surface area contributed by atoms with Gasteiger partial charge in [-0.15, -0.1) is 0 Å². The summed E-state index contributed by atoms with van der Waals surface area (Å²) >= 11 is 0. The maximum atomic E-state index is 13.6. The van der Waals surface area contributed by atoms with E-state index in [1.165, 1.54) is 6.20 Å². The molecule has 4 nitrogen and oxygen atoms in total. The first-order valence-electron chi connectivity index (χ1n) is 8.88. The maximum absolute atomic E-state index is 13.6. The summed E-state index contributed by atoms with van der Waals surface area (Å²) in [7, 11) is 0. The number of ether oxygens (including phenoxy) is 1. The van der Waals surface area contributed by atoms with Gasteiger partial charge in [-0.2, -0.15) is 39.5 Å². The van der Waals surface area contributed by atoms with E-state index in [4.69, 9.17) is 4.74 Å². The molecule has 1 aromatic rings. The van der Waals surface area contributed by atoms with Crippen molar-refractivity contribution in [2.75, 3.05) is 19.7 Å². The molecule has 3 aliphatic rings. The van der Waals surface area contributed by atoms with Crippen LogP contribution in [0.15, 0.2) is 18.6 Å². The van der Waals surface area contributed by atoms with Crippen LogP contribution in [0.1, 0.15) is 25.0 Å². The Hall–Kier alpha value is -2.21. The Labute approximate surface area is 164 Å². The van der Waals surface area contributed by atoms with Gasteiger partial charge in [-0.1, -0.05) is 0 Å². The molecule has 1 aromatic heterocycles. The zero-order chi connectivity index (χ0) is 22.4. The third kappa shape index (κ3) is 3.78. The van der Waals surface area contributed by atoms with Crippen LogP contribution < -0.4 is 4.74 Å². The second kappa shape index (κ2) is 7.49. The Balaban J connectivity index is 1.73. The fraction of sp³-hybridized carbons (Fsp3) is 0.647. The summed E-state index contributed by atoms with van der Waals surface area (Å²) in [6.07, 6.45) is -3.09. The average Bonchev–Trinajstić information content (AvgIpc) is 2.68. The van der Waals surface area contributed by atoms with Gasteiger partial charge in [0.25, 0.3) is 0 Å². The van der Waals surface area contributed by atoms with Crippen LogP contribution in [0.3, 0.4) is 0 Å².